The third-order valence-electron chi connectivity index (χ3n) is 3.60. The van der Waals surface area contributed by atoms with Crippen LogP contribution in [0.3, 0.4) is 0 Å². The minimum Gasteiger partial charge on any atom is -0.488 e. The zero-order valence-electron chi connectivity index (χ0n) is 11.0. The maximum absolute atomic E-state index is 12.0. The van der Waals surface area contributed by atoms with Crippen LogP contribution in [0.4, 0.5) is 0 Å². The number of amides is 1. The molecule has 0 unspecified atom stereocenters. The molecule has 1 aromatic carbocycles. The largest absolute Gasteiger partial charge is 0.488 e. The second kappa shape index (κ2) is 5.85. The van der Waals surface area contributed by atoms with E-state index < -0.39 is 0 Å². The number of hydrogen-bond acceptors (Lipinski definition) is 3. The number of fused-ring (bicyclic) bond motifs is 1. The zero-order valence-corrected chi connectivity index (χ0v) is 11.8. The molecule has 0 aromatic heterocycles. The van der Waals surface area contributed by atoms with Crippen molar-refractivity contribution < 1.29 is 14.4 Å². The molecule has 1 aromatic rings. The van der Waals surface area contributed by atoms with E-state index in [0.29, 0.717) is 10.6 Å². The third kappa shape index (κ3) is 2.97. The van der Waals surface area contributed by atoms with Gasteiger partial charge in [0, 0.05) is 10.6 Å². The fourth-order valence-corrected chi connectivity index (χ4v) is 2.67. The zero-order chi connectivity index (χ0) is 13.9. The summed E-state index contributed by atoms with van der Waals surface area (Å²) in [7, 11) is 0. The number of halogens is 1. The van der Waals surface area contributed by atoms with Crippen molar-refractivity contribution in [3.05, 3.63) is 34.4 Å². The Labute approximate surface area is 122 Å². The van der Waals surface area contributed by atoms with Gasteiger partial charge < -0.3 is 4.74 Å². The Morgan fingerprint density at radius 3 is 2.95 bits per heavy atom. The van der Waals surface area contributed by atoms with Crippen LogP contribution in [0.25, 0.3) is 6.08 Å². The lowest BCUT2D eigenvalue weighted by atomic mass is 10.1. The first kappa shape index (κ1) is 13.5. The SMILES string of the molecule is O=C(NOC1CCCC1)C1=Cc2cc(Cl)ccc2OC1. The Kier molecular flexibility index (Phi) is 3.94. The molecule has 0 bridgehead atoms. The van der Waals surface area contributed by atoms with Crippen molar-refractivity contribution in [1.29, 1.82) is 0 Å². The fourth-order valence-electron chi connectivity index (χ4n) is 2.49. The van der Waals surface area contributed by atoms with E-state index in [-0.39, 0.29) is 18.6 Å². The van der Waals surface area contributed by atoms with Gasteiger partial charge in [0.1, 0.15) is 12.4 Å². The molecule has 106 valence electrons. The molecule has 2 aliphatic rings. The van der Waals surface area contributed by atoms with Crippen LogP contribution in [0, 0.1) is 0 Å². The van der Waals surface area contributed by atoms with Crippen molar-refractivity contribution in [2.75, 3.05) is 6.61 Å². The van der Waals surface area contributed by atoms with Crippen LogP contribution in [-0.2, 0) is 9.63 Å². The highest BCUT2D eigenvalue weighted by Crippen LogP contribution is 2.29. The van der Waals surface area contributed by atoms with E-state index in [9.17, 15) is 4.79 Å². The summed E-state index contributed by atoms with van der Waals surface area (Å²) in [5.74, 6) is 0.491. The van der Waals surface area contributed by atoms with E-state index in [1.807, 2.05) is 0 Å². The Morgan fingerprint density at radius 1 is 1.35 bits per heavy atom. The van der Waals surface area contributed by atoms with Gasteiger partial charge in [0.15, 0.2) is 0 Å². The number of carbonyl (C=O) groups excluding carboxylic acids is 1. The average molecular weight is 294 g/mol. The molecule has 4 nitrogen and oxygen atoms in total. The molecule has 3 rings (SSSR count). The van der Waals surface area contributed by atoms with Crippen LogP contribution in [0.5, 0.6) is 5.75 Å². The minimum atomic E-state index is -0.248. The average Bonchev–Trinajstić information content (AvgIpc) is 2.97. The highest BCUT2D eigenvalue weighted by atomic mass is 35.5. The predicted molar refractivity (Wildman–Crippen MR) is 76.4 cm³/mol. The summed E-state index contributed by atoms with van der Waals surface area (Å²) in [5, 5.41) is 0.618. The van der Waals surface area contributed by atoms with E-state index in [0.717, 1.165) is 37.0 Å². The lowest BCUT2D eigenvalue weighted by Gasteiger charge is -2.18. The monoisotopic (exact) mass is 293 g/mol. The first-order chi connectivity index (χ1) is 9.72. The van der Waals surface area contributed by atoms with E-state index in [2.05, 4.69) is 5.48 Å². The molecule has 0 atom stereocenters. The number of carbonyl (C=O) groups is 1. The number of rotatable bonds is 3. The molecule has 0 radical (unpaired) electrons. The molecule has 1 saturated carbocycles. The number of nitrogens with one attached hydrogen (secondary N) is 1. The summed E-state index contributed by atoms with van der Waals surface area (Å²) < 4.78 is 5.54. The molecule has 0 spiro atoms. The quantitative estimate of drug-likeness (QED) is 0.871. The smallest absolute Gasteiger partial charge is 0.274 e. The number of hydroxylamine groups is 1. The Morgan fingerprint density at radius 2 is 2.15 bits per heavy atom. The van der Waals surface area contributed by atoms with Gasteiger partial charge in [0.2, 0.25) is 0 Å². The van der Waals surface area contributed by atoms with E-state index in [4.69, 9.17) is 21.2 Å². The lowest BCUT2D eigenvalue weighted by Crippen LogP contribution is -2.31. The van der Waals surface area contributed by atoms with E-state index in [1.54, 1.807) is 24.3 Å². The molecule has 1 aliphatic carbocycles. The van der Waals surface area contributed by atoms with Crippen LogP contribution in [0.2, 0.25) is 5.02 Å². The Bertz CT molecular complexity index is 550. The minimum absolute atomic E-state index is 0.144. The lowest BCUT2D eigenvalue weighted by molar-refractivity contribution is -0.134. The van der Waals surface area contributed by atoms with Gasteiger partial charge in [-0.1, -0.05) is 24.4 Å². The van der Waals surface area contributed by atoms with Gasteiger partial charge in [-0.05, 0) is 37.1 Å². The van der Waals surface area contributed by atoms with Crippen molar-refractivity contribution in [2.45, 2.75) is 31.8 Å². The Balaban J connectivity index is 1.66. The van der Waals surface area contributed by atoms with Crippen molar-refractivity contribution in [1.82, 2.24) is 5.48 Å². The molecule has 1 N–H and O–H groups in total. The molecule has 5 heteroatoms. The summed E-state index contributed by atoms with van der Waals surface area (Å²) in [6.45, 7) is 0.245. The molecule has 1 fully saturated rings. The summed E-state index contributed by atoms with van der Waals surface area (Å²) in [6, 6.07) is 5.35. The predicted octanol–water partition coefficient (Wildman–Crippen LogP) is 3.11. The first-order valence-electron chi connectivity index (χ1n) is 6.81. The maximum atomic E-state index is 12.0. The summed E-state index contributed by atoms with van der Waals surface area (Å²) in [6.07, 6.45) is 6.28. The maximum Gasteiger partial charge on any atom is 0.274 e. The van der Waals surface area contributed by atoms with Crippen LogP contribution in [0.15, 0.2) is 23.8 Å². The number of benzene rings is 1. The fraction of sp³-hybridized carbons (Fsp3) is 0.400. The highest BCUT2D eigenvalue weighted by Gasteiger charge is 2.20. The van der Waals surface area contributed by atoms with Gasteiger partial charge in [-0.15, -0.1) is 0 Å². The van der Waals surface area contributed by atoms with Gasteiger partial charge in [0.25, 0.3) is 5.91 Å². The summed E-state index contributed by atoms with van der Waals surface area (Å²) >= 11 is 5.94. The van der Waals surface area contributed by atoms with Crippen molar-refractivity contribution in [3.63, 3.8) is 0 Å². The van der Waals surface area contributed by atoms with Gasteiger partial charge in [-0.3, -0.25) is 9.63 Å². The molecule has 20 heavy (non-hydrogen) atoms. The highest BCUT2D eigenvalue weighted by molar-refractivity contribution is 6.30. The van der Waals surface area contributed by atoms with Crippen LogP contribution in [-0.4, -0.2) is 18.6 Å². The van der Waals surface area contributed by atoms with Gasteiger partial charge in [-0.2, -0.15) is 0 Å². The Hall–Kier alpha value is -1.52. The van der Waals surface area contributed by atoms with Gasteiger partial charge in [0.05, 0.1) is 11.7 Å². The normalized spacial score (nSPS) is 18.1. The third-order valence-corrected chi connectivity index (χ3v) is 3.83. The first-order valence-corrected chi connectivity index (χ1v) is 7.19. The summed E-state index contributed by atoms with van der Waals surface area (Å²) in [4.78, 5) is 17.4. The van der Waals surface area contributed by atoms with Crippen LogP contribution in [0.1, 0.15) is 31.2 Å². The van der Waals surface area contributed by atoms with Gasteiger partial charge in [-0.25, -0.2) is 5.48 Å². The molecule has 1 heterocycles. The van der Waals surface area contributed by atoms with Crippen molar-refractivity contribution in [2.24, 2.45) is 0 Å². The number of hydrogen-bond donors (Lipinski definition) is 1. The molecule has 0 saturated heterocycles. The van der Waals surface area contributed by atoms with E-state index >= 15 is 0 Å². The van der Waals surface area contributed by atoms with Crippen molar-refractivity contribution in [3.8, 4) is 5.75 Å². The molecular formula is C15H16ClNO3. The van der Waals surface area contributed by atoms with Crippen LogP contribution >= 0.6 is 11.6 Å². The van der Waals surface area contributed by atoms with E-state index in [1.165, 1.54) is 0 Å². The second-order valence-electron chi connectivity index (χ2n) is 5.10. The second-order valence-corrected chi connectivity index (χ2v) is 5.53. The molecule has 1 aliphatic heterocycles. The van der Waals surface area contributed by atoms with Gasteiger partial charge >= 0.3 is 0 Å². The number of ether oxygens (including phenoxy) is 1. The standard InChI is InChI=1S/C15H16ClNO3/c16-12-5-6-14-10(8-12)7-11(9-19-14)15(18)17-20-13-3-1-2-4-13/h5-8,13H,1-4,9H2,(H,17,18). The van der Waals surface area contributed by atoms with Crippen LogP contribution < -0.4 is 10.2 Å². The molecule has 1 amide bonds. The topological polar surface area (TPSA) is 47.6 Å². The summed E-state index contributed by atoms with van der Waals surface area (Å²) in [5.41, 5.74) is 3.87. The molecular weight excluding hydrogens is 278 g/mol. The van der Waals surface area contributed by atoms with Crippen molar-refractivity contribution >= 4 is 23.6 Å².